The smallest absolute Gasteiger partial charge is 0.161 e. The van der Waals surface area contributed by atoms with E-state index in [-0.39, 0.29) is 5.78 Å². The van der Waals surface area contributed by atoms with Crippen molar-refractivity contribution in [3.05, 3.63) is 64.4 Å². The Labute approximate surface area is 150 Å². The minimum Gasteiger partial charge on any atom is -0.343 e. The number of Topliss-reactive ketones (excluding diaryl/α,β-unsaturated/α-hetero) is 1. The van der Waals surface area contributed by atoms with E-state index >= 15 is 0 Å². The molecule has 130 valence electrons. The van der Waals surface area contributed by atoms with Gasteiger partial charge < -0.3 is 4.90 Å². The minimum atomic E-state index is 0.0981. The Morgan fingerprint density at radius 1 is 1.28 bits per heavy atom. The number of aryl methyl sites for hydroxylation is 1. The van der Waals surface area contributed by atoms with E-state index in [9.17, 15) is 4.79 Å². The molecule has 2 heteroatoms. The van der Waals surface area contributed by atoms with Gasteiger partial charge in [-0.25, -0.2) is 0 Å². The maximum absolute atomic E-state index is 12.0. The highest BCUT2D eigenvalue weighted by Crippen LogP contribution is 2.46. The van der Waals surface area contributed by atoms with E-state index in [1.807, 2.05) is 6.20 Å². The molecule has 0 N–H and O–H groups in total. The summed E-state index contributed by atoms with van der Waals surface area (Å²) in [4.78, 5) is 14.3. The molecule has 0 saturated heterocycles. The average Bonchev–Trinajstić information content (AvgIpc) is 3.44. The Morgan fingerprint density at radius 3 is 2.64 bits per heavy atom. The third kappa shape index (κ3) is 2.68. The third-order valence-corrected chi connectivity index (χ3v) is 5.94. The van der Waals surface area contributed by atoms with Crippen molar-refractivity contribution in [2.75, 3.05) is 0 Å². The Morgan fingerprint density at radius 2 is 2.04 bits per heavy atom. The van der Waals surface area contributed by atoms with Gasteiger partial charge in [0.1, 0.15) is 0 Å². The second kappa shape index (κ2) is 6.01. The summed E-state index contributed by atoms with van der Waals surface area (Å²) in [5.74, 6) is 0.856. The minimum absolute atomic E-state index is 0.0981. The Kier molecular flexibility index (Phi) is 3.94. The van der Waals surface area contributed by atoms with Gasteiger partial charge in [0.05, 0.1) is 0 Å². The van der Waals surface area contributed by atoms with Gasteiger partial charge in [0.25, 0.3) is 0 Å². The molecular formula is C23H27NO. The van der Waals surface area contributed by atoms with Crippen molar-refractivity contribution in [1.82, 2.24) is 4.90 Å². The summed E-state index contributed by atoms with van der Waals surface area (Å²) in [6.45, 7) is 10.3. The summed E-state index contributed by atoms with van der Waals surface area (Å²) in [5.41, 5.74) is 8.70. The normalized spacial score (nSPS) is 22.1. The van der Waals surface area contributed by atoms with Crippen LogP contribution < -0.4 is 0 Å². The maximum Gasteiger partial charge on any atom is 0.161 e. The molecule has 0 bridgehead atoms. The van der Waals surface area contributed by atoms with Crippen molar-refractivity contribution in [1.29, 1.82) is 0 Å². The monoisotopic (exact) mass is 333 g/mol. The van der Waals surface area contributed by atoms with Crippen LogP contribution in [0.15, 0.2) is 42.1 Å². The largest absolute Gasteiger partial charge is 0.343 e. The number of ketones is 1. The SMILES string of the molecule is C=C1C=C2c3cc(C4CC4)c(CC)cc3CC(CC)N2C=C1C(C)=O. The van der Waals surface area contributed by atoms with Crippen molar-refractivity contribution in [2.24, 2.45) is 0 Å². The predicted octanol–water partition coefficient (Wildman–Crippen LogP) is 5.15. The molecule has 25 heavy (non-hydrogen) atoms. The molecule has 1 aromatic carbocycles. The van der Waals surface area contributed by atoms with Crippen molar-refractivity contribution >= 4 is 11.5 Å². The molecule has 2 nitrogen and oxygen atoms in total. The van der Waals surface area contributed by atoms with Gasteiger partial charge in [-0.05, 0) is 79.4 Å². The molecule has 1 aliphatic carbocycles. The van der Waals surface area contributed by atoms with Gasteiger partial charge in [0.2, 0.25) is 0 Å². The van der Waals surface area contributed by atoms with Crippen molar-refractivity contribution in [3.8, 4) is 0 Å². The van der Waals surface area contributed by atoms with Gasteiger partial charge in [-0.2, -0.15) is 0 Å². The van der Waals surface area contributed by atoms with E-state index in [1.165, 1.54) is 35.2 Å². The second-order valence-electron chi connectivity index (χ2n) is 7.66. The Balaban J connectivity index is 1.86. The molecule has 0 radical (unpaired) electrons. The van der Waals surface area contributed by atoms with Crippen molar-refractivity contribution in [3.63, 3.8) is 0 Å². The Bertz CT molecular complexity index is 823. The first-order valence-electron chi connectivity index (χ1n) is 9.61. The first-order chi connectivity index (χ1) is 12.0. The molecule has 0 aromatic heterocycles. The summed E-state index contributed by atoms with van der Waals surface area (Å²) in [7, 11) is 0. The number of benzene rings is 1. The number of hydrogen-bond acceptors (Lipinski definition) is 2. The molecule has 0 spiro atoms. The number of hydrogen-bond donors (Lipinski definition) is 0. The molecule has 1 fully saturated rings. The lowest BCUT2D eigenvalue weighted by Crippen LogP contribution is -2.37. The highest BCUT2D eigenvalue weighted by Gasteiger charge is 2.33. The number of fused-ring (bicyclic) bond motifs is 3. The predicted molar refractivity (Wildman–Crippen MR) is 103 cm³/mol. The summed E-state index contributed by atoms with van der Waals surface area (Å²) in [6.07, 6.45) is 10.0. The first kappa shape index (κ1) is 16.4. The summed E-state index contributed by atoms with van der Waals surface area (Å²) in [5, 5.41) is 0. The van der Waals surface area contributed by atoms with Crippen LogP contribution in [0, 0.1) is 0 Å². The highest BCUT2D eigenvalue weighted by molar-refractivity contribution is 6.00. The van der Waals surface area contributed by atoms with Crippen LogP contribution in [0.25, 0.3) is 5.70 Å². The zero-order valence-electron chi connectivity index (χ0n) is 15.6. The van der Waals surface area contributed by atoms with E-state index in [4.69, 9.17) is 0 Å². The molecule has 2 heterocycles. The van der Waals surface area contributed by atoms with Crippen LogP contribution in [0.4, 0.5) is 0 Å². The lowest BCUT2D eigenvalue weighted by atomic mass is 9.83. The van der Waals surface area contributed by atoms with Crippen LogP contribution in [0.5, 0.6) is 0 Å². The second-order valence-corrected chi connectivity index (χ2v) is 7.66. The number of carbonyl (C=O) groups is 1. The van der Waals surface area contributed by atoms with E-state index in [0.717, 1.165) is 36.3 Å². The molecule has 1 atom stereocenters. The molecule has 4 rings (SSSR count). The molecule has 0 amide bonds. The lowest BCUT2D eigenvalue weighted by molar-refractivity contribution is -0.113. The maximum atomic E-state index is 12.0. The lowest BCUT2D eigenvalue weighted by Gasteiger charge is -2.41. The van der Waals surface area contributed by atoms with E-state index < -0.39 is 0 Å². The van der Waals surface area contributed by atoms with Crippen LogP contribution in [0.3, 0.4) is 0 Å². The standard InChI is InChI=1S/C23H27NO/c1-5-16-10-18-11-19(6-2)24-13-22(15(4)25)14(3)9-23(24)21(18)12-20(16)17-7-8-17/h9-10,12-13,17,19H,3,5-8,11H2,1-2,4H3. The molecule has 1 unspecified atom stereocenters. The zero-order chi connectivity index (χ0) is 17.7. The summed E-state index contributed by atoms with van der Waals surface area (Å²) < 4.78 is 0. The Hall–Kier alpha value is -2.09. The average molecular weight is 333 g/mol. The van der Waals surface area contributed by atoms with E-state index in [1.54, 1.807) is 12.5 Å². The quantitative estimate of drug-likeness (QED) is 0.760. The van der Waals surface area contributed by atoms with Crippen molar-refractivity contribution < 1.29 is 4.79 Å². The zero-order valence-corrected chi connectivity index (χ0v) is 15.6. The number of allylic oxidation sites excluding steroid dienone is 3. The van der Waals surface area contributed by atoms with Gasteiger partial charge in [-0.1, -0.05) is 26.5 Å². The van der Waals surface area contributed by atoms with Gasteiger partial charge in [-0.15, -0.1) is 0 Å². The molecule has 3 aliphatic rings. The molecule has 1 aromatic rings. The van der Waals surface area contributed by atoms with Gasteiger partial charge >= 0.3 is 0 Å². The number of carbonyl (C=O) groups excluding carboxylic acids is 1. The van der Waals surface area contributed by atoms with E-state index in [2.05, 4.69) is 43.5 Å². The fourth-order valence-corrected chi connectivity index (χ4v) is 4.34. The number of rotatable bonds is 4. The molecule has 1 saturated carbocycles. The van der Waals surface area contributed by atoms with Crippen LogP contribution in [-0.4, -0.2) is 16.7 Å². The van der Waals surface area contributed by atoms with Gasteiger partial charge in [0, 0.05) is 29.1 Å². The molecule has 2 aliphatic heterocycles. The van der Waals surface area contributed by atoms with Crippen LogP contribution >= 0.6 is 0 Å². The topological polar surface area (TPSA) is 20.3 Å². The summed E-state index contributed by atoms with van der Waals surface area (Å²) in [6, 6.07) is 5.31. The van der Waals surface area contributed by atoms with Gasteiger partial charge in [-0.3, -0.25) is 4.79 Å². The van der Waals surface area contributed by atoms with Gasteiger partial charge in [0.15, 0.2) is 5.78 Å². The van der Waals surface area contributed by atoms with Crippen molar-refractivity contribution in [2.45, 2.75) is 64.8 Å². The highest BCUT2D eigenvalue weighted by atomic mass is 16.1. The fourth-order valence-electron chi connectivity index (χ4n) is 4.34. The fraction of sp³-hybridized carbons (Fsp3) is 0.435. The van der Waals surface area contributed by atoms with E-state index in [0.29, 0.717) is 6.04 Å². The van der Waals surface area contributed by atoms with Crippen LogP contribution in [-0.2, 0) is 17.6 Å². The molecular weight excluding hydrogens is 306 g/mol. The summed E-state index contributed by atoms with van der Waals surface area (Å²) >= 11 is 0. The number of nitrogens with zero attached hydrogens (tertiary/aromatic N) is 1. The third-order valence-electron chi connectivity index (χ3n) is 5.94. The van der Waals surface area contributed by atoms with Crippen LogP contribution in [0.2, 0.25) is 0 Å². The first-order valence-corrected chi connectivity index (χ1v) is 9.61. The van der Waals surface area contributed by atoms with Crippen LogP contribution in [0.1, 0.15) is 68.2 Å².